The molecule has 1 aliphatic rings. The molecule has 1 aliphatic heterocycles. The second-order valence-electron chi connectivity index (χ2n) is 7.02. The van der Waals surface area contributed by atoms with Gasteiger partial charge in [-0.2, -0.15) is 4.98 Å². The third-order valence-electron chi connectivity index (χ3n) is 4.40. The molecule has 2 N–H and O–H groups in total. The third-order valence-corrected chi connectivity index (χ3v) is 4.84. The molecule has 7 heteroatoms. The fourth-order valence-corrected chi connectivity index (χ4v) is 3.74. The Morgan fingerprint density at radius 2 is 1.88 bits per heavy atom. The molecule has 2 heterocycles. The van der Waals surface area contributed by atoms with Gasteiger partial charge in [0.1, 0.15) is 11.0 Å². The first kappa shape index (κ1) is 18.9. The van der Waals surface area contributed by atoms with Crippen LogP contribution in [0.5, 0.6) is 0 Å². The van der Waals surface area contributed by atoms with Crippen molar-refractivity contribution in [2.75, 3.05) is 23.3 Å². The summed E-state index contributed by atoms with van der Waals surface area (Å²) >= 11 is 11.6. The van der Waals surface area contributed by atoms with Gasteiger partial charge in [-0.1, -0.05) is 55.8 Å². The molecule has 2 atom stereocenters. The highest BCUT2D eigenvalue weighted by Crippen LogP contribution is 2.27. The van der Waals surface area contributed by atoms with Gasteiger partial charge in [0.15, 0.2) is 5.11 Å². The van der Waals surface area contributed by atoms with E-state index in [0.717, 1.165) is 24.5 Å². The van der Waals surface area contributed by atoms with Gasteiger partial charge in [-0.3, -0.25) is 0 Å². The molecule has 5 nitrogen and oxygen atoms in total. The van der Waals surface area contributed by atoms with Crippen molar-refractivity contribution in [3.8, 4) is 0 Å². The zero-order valence-electron chi connectivity index (χ0n) is 15.1. The number of aromatic nitrogens is 2. The van der Waals surface area contributed by atoms with E-state index in [4.69, 9.17) is 23.8 Å². The number of thiocarbonyl (C=S) groups is 1. The average molecular weight is 390 g/mol. The number of nitrogens with zero attached hydrogens (tertiary/aromatic N) is 3. The van der Waals surface area contributed by atoms with E-state index in [2.05, 4.69) is 39.3 Å². The number of hydrogen-bond donors (Lipinski definition) is 2. The lowest BCUT2D eigenvalue weighted by atomic mass is 9.92. The standard InChI is InChI=1S/C19H24ClN5S/c1-13-8-14(2)12-25(11-13)17-9-16(20)22-18(23-17)24-19(26)21-10-15-6-4-3-5-7-15/h3-7,9,13-14H,8,10-12H2,1-2H3,(H2,21,22,23,24,26)/t13-,14-/m0/s1. The van der Waals surface area contributed by atoms with E-state index >= 15 is 0 Å². The van der Waals surface area contributed by atoms with Crippen LogP contribution in [0.1, 0.15) is 25.8 Å². The van der Waals surface area contributed by atoms with E-state index in [1.165, 1.54) is 6.42 Å². The van der Waals surface area contributed by atoms with Crippen LogP contribution >= 0.6 is 23.8 Å². The number of anilines is 2. The van der Waals surface area contributed by atoms with E-state index in [0.29, 0.717) is 34.6 Å². The van der Waals surface area contributed by atoms with Gasteiger partial charge in [0, 0.05) is 25.7 Å². The van der Waals surface area contributed by atoms with Crippen LogP contribution in [0.2, 0.25) is 5.15 Å². The molecule has 0 unspecified atom stereocenters. The summed E-state index contributed by atoms with van der Waals surface area (Å²) < 4.78 is 0. The van der Waals surface area contributed by atoms with Gasteiger partial charge in [0.25, 0.3) is 0 Å². The zero-order valence-corrected chi connectivity index (χ0v) is 16.6. The van der Waals surface area contributed by atoms with Crippen LogP contribution in [0.3, 0.4) is 0 Å². The summed E-state index contributed by atoms with van der Waals surface area (Å²) in [6, 6.07) is 11.9. The topological polar surface area (TPSA) is 53.1 Å². The van der Waals surface area contributed by atoms with Crippen molar-refractivity contribution >= 4 is 40.7 Å². The molecule has 1 saturated heterocycles. The van der Waals surface area contributed by atoms with Gasteiger partial charge >= 0.3 is 0 Å². The van der Waals surface area contributed by atoms with Crippen LogP contribution in [-0.4, -0.2) is 28.2 Å². The minimum Gasteiger partial charge on any atom is -0.358 e. The lowest BCUT2D eigenvalue weighted by Crippen LogP contribution is -2.39. The summed E-state index contributed by atoms with van der Waals surface area (Å²) in [6.07, 6.45) is 1.24. The summed E-state index contributed by atoms with van der Waals surface area (Å²) in [5.74, 6) is 2.54. The summed E-state index contributed by atoms with van der Waals surface area (Å²) in [5.41, 5.74) is 1.15. The largest absolute Gasteiger partial charge is 0.358 e. The molecule has 1 aromatic carbocycles. The lowest BCUT2D eigenvalue weighted by molar-refractivity contribution is 0.355. The maximum absolute atomic E-state index is 6.22. The molecule has 1 aromatic heterocycles. The number of hydrogen-bond acceptors (Lipinski definition) is 4. The highest BCUT2D eigenvalue weighted by atomic mass is 35.5. The Morgan fingerprint density at radius 3 is 2.58 bits per heavy atom. The van der Waals surface area contributed by atoms with Crippen molar-refractivity contribution in [3.63, 3.8) is 0 Å². The van der Waals surface area contributed by atoms with Crippen LogP contribution in [0.25, 0.3) is 0 Å². The Bertz CT molecular complexity index is 745. The van der Waals surface area contributed by atoms with E-state index in [1.807, 2.05) is 36.4 Å². The quantitative estimate of drug-likeness (QED) is 0.606. The van der Waals surface area contributed by atoms with Gasteiger partial charge in [0.2, 0.25) is 5.95 Å². The number of piperidine rings is 1. The fraction of sp³-hybridized carbons (Fsp3) is 0.421. The Morgan fingerprint density at radius 1 is 1.19 bits per heavy atom. The molecule has 26 heavy (non-hydrogen) atoms. The number of halogens is 1. The SMILES string of the molecule is C[C@H]1C[C@H](C)CN(c2cc(Cl)nc(NC(=S)NCc3ccccc3)n2)C1. The monoisotopic (exact) mass is 389 g/mol. The van der Waals surface area contributed by atoms with E-state index in [1.54, 1.807) is 0 Å². The van der Waals surface area contributed by atoms with Gasteiger partial charge in [-0.15, -0.1) is 0 Å². The van der Waals surface area contributed by atoms with E-state index in [9.17, 15) is 0 Å². The molecule has 0 saturated carbocycles. The maximum Gasteiger partial charge on any atom is 0.232 e. The molecule has 0 amide bonds. The van der Waals surface area contributed by atoms with Crippen LogP contribution in [-0.2, 0) is 6.54 Å². The van der Waals surface area contributed by atoms with Gasteiger partial charge in [-0.25, -0.2) is 4.98 Å². The molecule has 0 bridgehead atoms. The smallest absolute Gasteiger partial charge is 0.232 e. The Labute approximate surface area is 165 Å². The molecule has 3 rings (SSSR count). The van der Waals surface area contributed by atoms with Crippen LogP contribution in [0.15, 0.2) is 36.4 Å². The molecule has 1 fully saturated rings. The maximum atomic E-state index is 6.22. The van der Waals surface area contributed by atoms with Crippen LogP contribution in [0.4, 0.5) is 11.8 Å². The summed E-state index contributed by atoms with van der Waals surface area (Å²) in [7, 11) is 0. The van der Waals surface area contributed by atoms with E-state index < -0.39 is 0 Å². The molecule has 2 aromatic rings. The second-order valence-corrected chi connectivity index (χ2v) is 7.81. The molecule has 0 spiro atoms. The van der Waals surface area contributed by atoms with Gasteiger partial charge in [-0.05, 0) is 36.0 Å². The lowest BCUT2D eigenvalue weighted by Gasteiger charge is -2.35. The van der Waals surface area contributed by atoms with Crippen molar-refractivity contribution in [1.29, 1.82) is 0 Å². The summed E-state index contributed by atoms with van der Waals surface area (Å²) in [6.45, 7) is 7.14. The highest BCUT2D eigenvalue weighted by molar-refractivity contribution is 7.80. The molecule has 0 radical (unpaired) electrons. The summed E-state index contributed by atoms with van der Waals surface area (Å²) in [5, 5.41) is 7.09. The first-order valence-electron chi connectivity index (χ1n) is 8.88. The Hall–Kier alpha value is -1.92. The highest BCUT2D eigenvalue weighted by Gasteiger charge is 2.23. The molecule has 0 aliphatic carbocycles. The normalized spacial score (nSPS) is 19.9. The first-order valence-corrected chi connectivity index (χ1v) is 9.66. The van der Waals surface area contributed by atoms with Crippen molar-refractivity contribution < 1.29 is 0 Å². The predicted molar refractivity (Wildman–Crippen MR) is 112 cm³/mol. The van der Waals surface area contributed by atoms with Gasteiger partial charge < -0.3 is 15.5 Å². The van der Waals surface area contributed by atoms with Crippen LogP contribution < -0.4 is 15.5 Å². The van der Waals surface area contributed by atoms with Crippen molar-refractivity contribution in [1.82, 2.24) is 15.3 Å². The van der Waals surface area contributed by atoms with Crippen LogP contribution in [0, 0.1) is 11.8 Å². The summed E-state index contributed by atoms with van der Waals surface area (Å²) in [4.78, 5) is 11.1. The Balaban J connectivity index is 1.64. The molecular formula is C19H24ClN5S. The average Bonchev–Trinajstić information content (AvgIpc) is 2.59. The minimum atomic E-state index is 0.411. The van der Waals surface area contributed by atoms with Crippen molar-refractivity contribution in [3.05, 3.63) is 47.1 Å². The van der Waals surface area contributed by atoms with Gasteiger partial charge in [0.05, 0.1) is 0 Å². The number of nitrogens with one attached hydrogen (secondary N) is 2. The second kappa shape index (κ2) is 8.64. The van der Waals surface area contributed by atoms with E-state index in [-0.39, 0.29) is 0 Å². The number of benzene rings is 1. The fourth-order valence-electron chi connectivity index (χ4n) is 3.40. The number of rotatable bonds is 4. The first-order chi connectivity index (χ1) is 12.5. The zero-order chi connectivity index (χ0) is 18.5. The third kappa shape index (κ3) is 5.29. The molecular weight excluding hydrogens is 366 g/mol. The van der Waals surface area contributed by atoms with Crippen molar-refractivity contribution in [2.24, 2.45) is 11.8 Å². The predicted octanol–water partition coefficient (Wildman–Crippen LogP) is 4.10. The minimum absolute atomic E-state index is 0.411. The Kier molecular flexibility index (Phi) is 6.27. The molecule has 138 valence electrons. The van der Waals surface area contributed by atoms with Crippen molar-refractivity contribution in [2.45, 2.75) is 26.8 Å².